The smallest absolute Gasteiger partial charge is 0.324 e. The molecule has 0 atom stereocenters. The molecule has 8 nitrogen and oxygen atoms in total. The van der Waals surface area contributed by atoms with Gasteiger partial charge in [-0.2, -0.15) is 0 Å². The highest BCUT2D eigenvalue weighted by molar-refractivity contribution is 7.14. The van der Waals surface area contributed by atoms with E-state index >= 15 is 0 Å². The van der Waals surface area contributed by atoms with E-state index in [1.165, 1.54) is 11.3 Å². The first-order valence-electron chi connectivity index (χ1n) is 11.3. The largest absolute Gasteiger partial charge is 0.324 e. The fourth-order valence-electron chi connectivity index (χ4n) is 4.30. The third-order valence-electron chi connectivity index (χ3n) is 5.96. The Hall–Kier alpha value is -2.60. The van der Waals surface area contributed by atoms with E-state index in [2.05, 4.69) is 25.5 Å². The predicted octanol–water partition coefficient (Wildman–Crippen LogP) is 0.531. The van der Waals surface area contributed by atoms with Crippen LogP contribution in [-0.2, 0) is 0 Å². The van der Waals surface area contributed by atoms with Crippen molar-refractivity contribution in [3.63, 3.8) is 0 Å². The van der Waals surface area contributed by atoms with Gasteiger partial charge in [-0.3, -0.25) is 5.32 Å². The number of aromatic nitrogens is 4. The lowest BCUT2D eigenvalue weighted by molar-refractivity contribution is 0.0443. The molecule has 4 rings (SSSR count). The molecule has 14 heteroatoms. The van der Waals surface area contributed by atoms with Crippen LogP contribution in [0.15, 0.2) is 24.4 Å². The number of hydrogen-bond acceptors (Lipinski definition) is 7. The van der Waals surface area contributed by atoms with Crippen molar-refractivity contribution >= 4 is 57.8 Å². The number of fused-ring (bicyclic) bond motifs is 1. The van der Waals surface area contributed by atoms with Crippen molar-refractivity contribution in [1.29, 1.82) is 0 Å². The summed E-state index contributed by atoms with van der Waals surface area (Å²) >= 11 is 1.50. The summed E-state index contributed by atoms with van der Waals surface area (Å²) in [5, 5.41) is 13.2. The lowest BCUT2D eigenvalue weighted by Crippen LogP contribution is -2.59. The Morgan fingerprint density at radius 1 is 1.29 bits per heavy atom. The maximum absolute atomic E-state index is 13.1. The van der Waals surface area contributed by atoms with Gasteiger partial charge in [0.25, 0.3) is 6.43 Å². The number of rotatable bonds is 6. The highest BCUT2D eigenvalue weighted by Gasteiger charge is 2.34. The normalized spacial score (nSPS) is 15.4. The number of nitrogens with zero attached hydrogens (tertiary/aromatic N) is 6. The maximum Gasteiger partial charge on any atom is 0.324 e. The van der Waals surface area contributed by atoms with Gasteiger partial charge in [-0.05, 0) is 25.8 Å². The minimum Gasteiger partial charge on any atom is -0.324 e. The fraction of sp³-hybridized carbons (Fsp3) is 0.450. The van der Waals surface area contributed by atoms with E-state index in [0.717, 1.165) is 21.0 Å². The molecule has 0 unspecified atom stereocenters. The molecule has 1 fully saturated rings. The molecule has 2 aromatic heterocycles. The molecule has 0 saturated carbocycles. The number of benzene rings is 1. The van der Waals surface area contributed by atoms with Crippen LogP contribution in [0.1, 0.15) is 17.8 Å². The minimum absolute atomic E-state index is 0.0115. The average molecular weight is 483 g/mol. The van der Waals surface area contributed by atoms with Crippen molar-refractivity contribution in [1.82, 2.24) is 30.0 Å². The van der Waals surface area contributed by atoms with Crippen LogP contribution in [0, 0.1) is 6.92 Å². The number of urea groups is 1. The lowest BCUT2D eigenvalue weighted by atomic mass is 9.48. The van der Waals surface area contributed by atoms with Gasteiger partial charge in [0.15, 0.2) is 0 Å². The van der Waals surface area contributed by atoms with Crippen molar-refractivity contribution in [2.75, 3.05) is 25.0 Å². The Balaban J connectivity index is 1.41. The molecule has 0 bridgehead atoms. The molecule has 2 amide bonds. The predicted molar refractivity (Wildman–Crippen MR) is 138 cm³/mol. The molecule has 176 valence electrons. The standard InChI is InChI=1S/C20H26B3F2N7OS/c1-11-29-30-17(34-11)12-2-3-13-9-26-18(27-15(13)8-12)28-19(33)31-6-4-14(5-7-31)32(10-16(24)25)20(21,22)23/h2-3,8-9,14,16H,4-7,10,21-23H2,1H3,(H,26,27,28,33). The van der Waals surface area contributed by atoms with Crippen molar-refractivity contribution in [3.8, 4) is 10.6 Å². The van der Waals surface area contributed by atoms with Crippen molar-refractivity contribution in [2.45, 2.75) is 37.5 Å². The summed E-state index contributed by atoms with van der Waals surface area (Å²) in [7, 11) is 5.84. The van der Waals surface area contributed by atoms with Crippen LogP contribution in [0.4, 0.5) is 19.5 Å². The number of likely N-dealkylation sites (tertiary alicyclic amines) is 1. The number of hydrogen-bond donors (Lipinski definition) is 1. The van der Waals surface area contributed by atoms with Gasteiger partial charge < -0.3 is 9.80 Å². The highest BCUT2D eigenvalue weighted by Crippen LogP contribution is 2.26. The van der Waals surface area contributed by atoms with E-state index in [9.17, 15) is 13.6 Å². The van der Waals surface area contributed by atoms with E-state index in [4.69, 9.17) is 0 Å². The van der Waals surface area contributed by atoms with Crippen LogP contribution in [-0.4, -0.2) is 96.9 Å². The second-order valence-corrected chi connectivity index (χ2v) is 10.6. The van der Waals surface area contributed by atoms with Crippen LogP contribution in [0.3, 0.4) is 0 Å². The van der Waals surface area contributed by atoms with Crippen molar-refractivity contribution < 1.29 is 13.6 Å². The third-order valence-corrected chi connectivity index (χ3v) is 6.85. The van der Waals surface area contributed by atoms with Gasteiger partial charge in [-0.1, -0.05) is 28.7 Å². The van der Waals surface area contributed by atoms with Crippen LogP contribution in [0.25, 0.3) is 21.5 Å². The number of aryl methyl sites for hydroxylation is 1. The van der Waals surface area contributed by atoms with E-state index in [1.54, 1.807) is 11.1 Å². The molecule has 0 spiro atoms. The Labute approximate surface area is 203 Å². The molecule has 0 radical (unpaired) electrons. The first-order valence-corrected chi connectivity index (χ1v) is 12.1. The molecule has 1 N–H and O–H groups in total. The summed E-state index contributed by atoms with van der Waals surface area (Å²) in [5.41, 5.74) is 1.60. The first kappa shape index (κ1) is 24.5. The molecule has 1 aromatic carbocycles. The number of nitrogens with one attached hydrogen (secondary N) is 1. The summed E-state index contributed by atoms with van der Waals surface area (Å²) in [6.45, 7) is 2.62. The quantitative estimate of drug-likeness (QED) is 0.516. The van der Waals surface area contributed by atoms with Gasteiger partial charge in [-0.15, -0.1) is 10.2 Å². The van der Waals surface area contributed by atoms with Gasteiger partial charge in [0.2, 0.25) is 5.95 Å². The summed E-state index contributed by atoms with van der Waals surface area (Å²) < 4.78 is 26.2. The molecular formula is C20H26B3F2N7OS. The minimum atomic E-state index is -2.39. The number of piperidine rings is 1. The zero-order valence-corrected chi connectivity index (χ0v) is 20.6. The van der Waals surface area contributed by atoms with Crippen molar-refractivity contribution in [3.05, 3.63) is 29.4 Å². The average Bonchev–Trinajstić information content (AvgIpc) is 3.22. The van der Waals surface area contributed by atoms with Gasteiger partial charge in [0.1, 0.15) is 33.6 Å². The molecule has 34 heavy (non-hydrogen) atoms. The van der Waals surface area contributed by atoms with Crippen LogP contribution >= 0.6 is 11.3 Å². The van der Waals surface area contributed by atoms with Crippen molar-refractivity contribution in [2.24, 2.45) is 0 Å². The van der Waals surface area contributed by atoms with Gasteiger partial charge >= 0.3 is 6.03 Å². The van der Waals surface area contributed by atoms with Gasteiger partial charge in [0.05, 0.1) is 12.1 Å². The monoisotopic (exact) mass is 483 g/mol. The number of carbonyl (C=O) groups excluding carboxylic acids is 1. The number of halogens is 2. The summed E-state index contributed by atoms with van der Waals surface area (Å²) in [6.07, 6.45) is 0.563. The number of anilines is 1. The van der Waals surface area contributed by atoms with Crippen LogP contribution in [0.2, 0.25) is 0 Å². The first-order chi connectivity index (χ1) is 16.1. The zero-order valence-electron chi connectivity index (χ0n) is 19.8. The van der Waals surface area contributed by atoms with E-state index in [1.807, 2.05) is 53.6 Å². The summed E-state index contributed by atoms with van der Waals surface area (Å²) in [6, 6.07) is 5.49. The van der Waals surface area contributed by atoms with Gasteiger partial charge in [0, 0.05) is 36.3 Å². The molecule has 1 aliphatic rings. The van der Waals surface area contributed by atoms with E-state index < -0.39 is 6.43 Å². The Bertz CT molecular complexity index is 1170. The number of amides is 2. The fourth-order valence-corrected chi connectivity index (χ4v) is 4.99. The second kappa shape index (κ2) is 9.95. The number of alkyl halides is 2. The number of carbonyl (C=O) groups is 1. The molecule has 1 aliphatic heterocycles. The highest BCUT2D eigenvalue weighted by atomic mass is 32.1. The van der Waals surface area contributed by atoms with Crippen LogP contribution < -0.4 is 5.32 Å². The third kappa shape index (κ3) is 5.72. The Morgan fingerprint density at radius 2 is 2.03 bits per heavy atom. The van der Waals surface area contributed by atoms with E-state index in [-0.39, 0.29) is 29.8 Å². The van der Waals surface area contributed by atoms with Gasteiger partial charge in [-0.25, -0.2) is 23.5 Å². The summed E-state index contributed by atoms with van der Waals surface area (Å²) in [4.78, 5) is 25.2. The van der Waals surface area contributed by atoms with Crippen LogP contribution in [0.5, 0.6) is 0 Å². The molecular weight excluding hydrogens is 457 g/mol. The second-order valence-electron chi connectivity index (χ2n) is 9.46. The molecule has 0 aliphatic carbocycles. The Morgan fingerprint density at radius 3 is 2.65 bits per heavy atom. The molecule has 3 aromatic rings. The topological polar surface area (TPSA) is 87.1 Å². The Kier molecular flexibility index (Phi) is 7.18. The summed E-state index contributed by atoms with van der Waals surface area (Å²) in [5.74, 6) is 0.222. The maximum atomic E-state index is 13.1. The van der Waals surface area contributed by atoms with E-state index in [0.29, 0.717) is 31.4 Å². The molecule has 3 heterocycles. The molecule has 1 saturated heterocycles. The SMILES string of the molecule is BC(B)(B)N(CC(F)F)C1CCN(C(=O)Nc2ncc3ccc(-c4nnc(C)s4)cc3n2)CC1. The zero-order chi connectivity index (χ0) is 24.5. The lowest BCUT2D eigenvalue weighted by Gasteiger charge is -2.45.